The average Bonchev–Trinajstić information content (AvgIpc) is 2.47. The monoisotopic (exact) mass is 269 g/mol. The highest BCUT2D eigenvalue weighted by Gasteiger charge is 2.05. The Bertz CT molecular complexity index is 517. The second-order valence-corrected chi connectivity index (χ2v) is 5.24. The van der Waals surface area contributed by atoms with Crippen LogP contribution in [0.4, 0.5) is 0 Å². The van der Waals surface area contributed by atoms with Crippen molar-refractivity contribution in [2.24, 2.45) is 0 Å². The molecular weight excluding hydrogens is 246 g/mol. The second kappa shape index (κ2) is 7.15. The molecule has 0 bridgehead atoms. The molecule has 1 aromatic heterocycles. The molecule has 2 aromatic rings. The number of rotatable bonds is 6. The van der Waals surface area contributed by atoms with Crippen LogP contribution in [-0.2, 0) is 13.0 Å². The Morgan fingerprint density at radius 1 is 1.10 bits per heavy atom. The molecule has 1 atom stereocenters. The molecule has 1 heterocycles. The summed E-state index contributed by atoms with van der Waals surface area (Å²) in [7, 11) is 0. The van der Waals surface area contributed by atoms with E-state index in [0.717, 1.165) is 24.4 Å². The van der Waals surface area contributed by atoms with Gasteiger partial charge in [-0.05, 0) is 31.4 Å². The smallest absolute Gasteiger partial charge is 0.0724 e. The number of benzene rings is 1. The molecule has 0 fully saturated rings. The predicted octanol–water partition coefficient (Wildman–Crippen LogP) is 3.59. The van der Waals surface area contributed by atoms with E-state index in [1.54, 1.807) is 6.20 Å². The Morgan fingerprint density at radius 3 is 2.45 bits per heavy atom. The Balaban J connectivity index is 1.90. The van der Waals surface area contributed by atoms with Gasteiger partial charge in [0.05, 0.1) is 11.4 Å². The summed E-state index contributed by atoms with van der Waals surface area (Å²) in [6.07, 6.45) is 5.99. The van der Waals surface area contributed by atoms with Gasteiger partial charge in [0.15, 0.2) is 0 Å². The van der Waals surface area contributed by atoms with Crippen molar-refractivity contribution in [3.8, 4) is 0 Å². The largest absolute Gasteiger partial charge is 0.305 e. The molecule has 20 heavy (non-hydrogen) atoms. The molecule has 0 amide bonds. The maximum atomic E-state index is 4.36. The first kappa shape index (κ1) is 14.7. The van der Waals surface area contributed by atoms with Crippen LogP contribution in [0.3, 0.4) is 0 Å². The molecule has 0 aliphatic rings. The average molecular weight is 269 g/mol. The van der Waals surface area contributed by atoms with Crippen LogP contribution in [0.2, 0.25) is 0 Å². The van der Waals surface area contributed by atoms with E-state index in [1.807, 2.05) is 13.1 Å². The van der Waals surface area contributed by atoms with Crippen molar-refractivity contribution >= 4 is 0 Å². The third-order valence-electron chi connectivity index (χ3n) is 3.44. The number of nitrogens with one attached hydrogen (secondary N) is 1. The van der Waals surface area contributed by atoms with E-state index in [0.29, 0.717) is 6.04 Å². The zero-order valence-corrected chi connectivity index (χ0v) is 12.6. The number of hydrogen-bond donors (Lipinski definition) is 1. The lowest BCUT2D eigenvalue weighted by Gasteiger charge is -2.14. The van der Waals surface area contributed by atoms with Crippen LogP contribution >= 0.6 is 0 Å². The molecule has 0 saturated carbocycles. The molecular formula is C17H23N3. The quantitative estimate of drug-likeness (QED) is 0.871. The van der Waals surface area contributed by atoms with Gasteiger partial charge in [-0.25, -0.2) is 0 Å². The van der Waals surface area contributed by atoms with Crippen molar-refractivity contribution in [1.29, 1.82) is 0 Å². The van der Waals surface area contributed by atoms with Gasteiger partial charge < -0.3 is 5.32 Å². The first-order valence-electron chi connectivity index (χ1n) is 7.28. The fourth-order valence-electron chi connectivity index (χ4n) is 2.15. The number of aromatic nitrogens is 2. The Kier molecular flexibility index (Phi) is 5.24. The molecule has 0 aliphatic heterocycles. The van der Waals surface area contributed by atoms with Crippen LogP contribution in [0, 0.1) is 6.92 Å². The maximum absolute atomic E-state index is 4.36. The van der Waals surface area contributed by atoms with Crippen molar-refractivity contribution < 1.29 is 0 Å². The highest BCUT2D eigenvalue weighted by molar-refractivity contribution is 5.24. The number of nitrogens with zero attached hydrogens (tertiary/aromatic N) is 2. The lowest BCUT2D eigenvalue weighted by atomic mass is 10.0. The summed E-state index contributed by atoms with van der Waals surface area (Å²) in [5.74, 6) is 0. The zero-order chi connectivity index (χ0) is 14.4. The van der Waals surface area contributed by atoms with Gasteiger partial charge in [-0.1, -0.05) is 37.6 Å². The highest BCUT2D eigenvalue weighted by atomic mass is 14.9. The lowest BCUT2D eigenvalue weighted by Crippen LogP contribution is -2.19. The van der Waals surface area contributed by atoms with Crippen molar-refractivity contribution in [2.75, 3.05) is 0 Å². The molecule has 2 rings (SSSR count). The Hall–Kier alpha value is -1.74. The van der Waals surface area contributed by atoms with Crippen LogP contribution in [0.25, 0.3) is 0 Å². The van der Waals surface area contributed by atoms with Gasteiger partial charge in [-0.2, -0.15) is 0 Å². The van der Waals surface area contributed by atoms with Crippen LogP contribution < -0.4 is 5.32 Å². The second-order valence-electron chi connectivity index (χ2n) is 5.24. The predicted molar refractivity (Wildman–Crippen MR) is 82.5 cm³/mol. The fraction of sp³-hybridized carbons (Fsp3) is 0.412. The van der Waals surface area contributed by atoms with Crippen LogP contribution in [0.1, 0.15) is 48.8 Å². The van der Waals surface area contributed by atoms with Gasteiger partial charge in [0, 0.05) is 25.0 Å². The minimum Gasteiger partial charge on any atom is -0.305 e. The third kappa shape index (κ3) is 4.14. The Morgan fingerprint density at radius 2 is 1.85 bits per heavy atom. The van der Waals surface area contributed by atoms with E-state index in [-0.39, 0.29) is 0 Å². The minimum absolute atomic E-state index is 0.314. The van der Waals surface area contributed by atoms with E-state index in [2.05, 4.69) is 53.4 Å². The highest BCUT2D eigenvalue weighted by Crippen LogP contribution is 2.14. The lowest BCUT2D eigenvalue weighted by molar-refractivity contribution is 0.566. The molecule has 0 saturated heterocycles. The number of hydrogen-bond acceptors (Lipinski definition) is 3. The number of aryl methyl sites for hydroxylation is 2. The minimum atomic E-state index is 0.314. The molecule has 0 spiro atoms. The van der Waals surface area contributed by atoms with Crippen LogP contribution in [-0.4, -0.2) is 9.97 Å². The fourth-order valence-corrected chi connectivity index (χ4v) is 2.15. The van der Waals surface area contributed by atoms with Gasteiger partial charge >= 0.3 is 0 Å². The third-order valence-corrected chi connectivity index (χ3v) is 3.44. The maximum Gasteiger partial charge on any atom is 0.0724 e. The SMILES string of the molecule is CCCc1ccc(C(C)NCc2cnc(C)cn2)cc1. The van der Waals surface area contributed by atoms with Gasteiger partial charge in [0.25, 0.3) is 0 Å². The van der Waals surface area contributed by atoms with Crippen LogP contribution in [0.15, 0.2) is 36.7 Å². The van der Waals surface area contributed by atoms with Crippen molar-refractivity contribution in [3.63, 3.8) is 0 Å². The Labute approximate surface area is 121 Å². The van der Waals surface area contributed by atoms with Crippen LogP contribution in [0.5, 0.6) is 0 Å². The molecule has 3 nitrogen and oxygen atoms in total. The van der Waals surface area contributed by atoms with Gasteiger partial charge in [-0.3, -0.25) is 9.97 Å². The molecule has 0 radical (unpaired) electrons. The van der Waals surface area contributed by atoms with Crippen molar-refractivity contribution in [2.45, 2.75) is 46.2 Å². The normalized spacial score (nSPS) is 12.3. The van der Waals surface area contributed by atoms with Gasteiger partial charge in [0.2, 0.25) is 0 Å². The van der Waals surface area contributed by atoms with E-state index >= 15 is 0 Å². The molecule has 1 N–H and O–H groups in total. The summed E-state index contributed by atoms with van der Waals surface area (Å²) in [6, 6.07) is 9.19. The topological polar surface area (TPSA) is 37.8 Å². The standard InChI is InChI=1S/C17H23N3/c1-4-5-15-6-8-16(9-7-15)14(3)19-12-17-11-18-13(2)10-20-17/h6-11,14,19H,4-5,12H2,1-3H3. The van der Waals surface area contributed by atoms with Gasteiger partial charge in [-0.15, -0.1) is 0 Å². The van der Waals surface area contributed by atoms with Crippen molar-refractivity contribution in [1.82, 2.24) is 15.3 Å². The summed E-state index contributed by atoms with van der Waals surface area (Å²) in [6.45, 7) is 7.08. The van der Waals surface area contributed by atoms with E-state index in [9.17, 15) is 0 Å². The van der Waals surface area contributed by atoms with E-state index in [4.69, 9.17) is 0 Å². The van der Waals surface area contributed by atoms with E-state index < -0.39 is 0 Å². The molecule has 3 heteroatoms. The van der Waals surface area contributed by atoms with Gasteiger partial charge in [0.1, 0.15) is 0 Å². The summed E-state index contributed by atoms with van der Waals surface area (Å²) < 4.78 is 0. The summed E-state index contributed by atoms with van der Waals surface area (Å²) in [5, 5.41) is 3.48. The first-order valence-corrected chi connectivity index (χ1v) is 7.28. The van der Waals surface area contributed by atoms with E-state index in [1.165, 1.54) is 17.5 Å². The molecule has 106 valence electrons. The summed E-state index contributed by atoms with van der Waals surface area (Å²) >= 11 is 0. The summed E-state index contributed by atoms with van der Waals surface area (Å²) in [5.41, 5.74) is 4.65. The van der Waals surface area contributed by atoms with Crippen molar-refractivity contribution in [3.05, 3.63) is 59.2 Å². The zero-order valence-electron chi connectivity index (χ0n) is 12.6. The molecule has 0 aliphatic carbocycles. The molecule has 1 aromatic carbocycles. The molecule has 1 unspecified atom stereocenters. The first-order chi connectivity index (χ1) is 9.69. The summed E-state index contributed by atoms with van der Waals surface area (Å²) in [4.78, 5) is 8.62.